The summed E-state index contributed by atoms with van der Waals surface area (Å²) in [4.78, 5) is 9.39. The molecule has 1 aromatic rings. The van der Waals surface area contributed by atoms with Crippen LogP contribution in [-0.4, -0.2) is 30.8 Å². The highest BCUT2D eigenvalue weighted by Crippen LogP contribution is 2.38. The van der Waals surface area contributed by atoms with Crippen molar-refractivity contribution in [1.82, 2.24) is 5.32 Å². The van der Waals surface area contributed by atoms with Crippen molar-refractivity contribution in [3.05, 3.63) is 40.7 Å². The molecule has 0 saturated heterocycles. The Morgan fingerprint density at radius 1 is 1.13 bits per heavy atom. The highest BCUT2D eigenvalue weighted by molar-refractivity contribution is 5.76. The molecular weight excluding hydrogens is 490 g/mol. The fraction of sp³-hybridized carbons (Fsp3) is 0.656. The summed E-state index contributed by atoms with van der Waals surface area (Å²) in [6.07, 6.45) is 15.4. The third-order valence-corrected chi connectivity index (χ3v) is 7.23. The van der Waals surface area contributed by atoms with Crippen LogP contribution < -0.4 is 21.5 Å². The van der Waals surface area contributed by atoms with Gasteiger partial charge in [-0.25, -0.2) is 0 Å². The van der Waals surface area contributed by atoms with Gasteiger partial charge in [-0.2, -0.15) is 0 Å². The second-order valence-electron chi connectivity index (χ2n) is 10.9. The average molecular weight is 546 g/mol. The van der Waals surface area contributed by atoms with Crippen LogP contribution in [0.2, 0.25) is 0 Å². The molecule has 0 aliphatic heterocycles. The molecule has 1 fully saturated rings. The molecular formula is C32H55N3O4. The van der Waals surface area contributed by atoms with E-state index >= 15 is 0 Å². The van der Waals surface area contributed by atoms with Crippen LogP contribution in [0.15, 0.2) is 29.6 Å². The van der Waals surface area contributed by atoms with E-state index in [1.54, 1.807) is 27.0 Å². The summed E-state index contributed by atoms with van der Waals surface area (Å²) < 4.78 is 9.79. The first-order chi connectivity index (χ1) is 18.7. The number of ether oxygens (including phenoxy) is 2. The lowest BCUT2D eigenvalue weighted by Crippen LogP contribution is -2.31. The number of unbranched alkanes of at least 4 members (excludes halogenated alkanes) is 3. The number of methoxy groups -OCH3 is 1. The van der Waals surface area contributed by atoms with Gasteiger partial charge >= 0.3 is 0 Å². The molecule has 39 heavy (non-hydrogen) atoms. The molecule has 1 aliphatic rings. The van der Waals surface area contributed by atoms with Crippen LogP contribution in [0.4, 0.5) is 0 Å². The van der Waals surface area contributed by atoms with Crippen molar-refractivity contribution in [3.63, 3.8) is 0 Å². The van der Waals surface area contributed by atoms with Gasteiger partial charge in [0.2, 0.25) is 0 Å². The van der Waals surface area contributed by atoms with E-state index in [4.69, 9.17) is 16.2 Å². The molecule has 7 heteroatoms. The molecule has 0 bridgehead atoms. The van der Waals surface area contributed by atoms with Gasteiger partial charge in [-0.15, -0.1) is 0 Å². The third kappa shape index (κ3) is 12.7. The second-order valence-corrected chi connectivity index (χ2v) is 10.9. The average Bonchev–Trinajstić information content (AvgIpc) is 2.87. The molecule has 0 unspecified atom stereocenters. The number of hydrogen-bond acceptors (Lipinski definition) is 7. The molecule has 2 rings (SSSR count). The van der Waals surface area contributed by atoms with Gasteiger partial charge in [-0.1, -0.05) is 65.7 Å². The van der Waals surface area contributed by atoms with Crippen molar-refractivity contribution >= 4 is 12.2 Å². The molecule has 1 atom stereocenters. The van der Waals surface area contributed by atoms with Crippen molar-refractivity contribution in [3.8, 4) is 11.5 Å². The molecule has 222 valence electrons. The van der Waals surface area contributed by atoms with Crippen LogP contribution in [0.1, 0.15) is 116 Å². The number of phenolic OH excluding ortho intramolecular Hbond substituents is 1. The van der Waals surface area contributed by atoms with Crippen LogP contribution in [-0.2, 0) is 16.0 Å². The first-order valence-corrected chi connectivity index (χ1v) is 14.9. The zero-order chi connectivity index (χ0) is 29.2. The number of allylic oxidation sites excluding steroid dienone is 2. The maximum atomic E-state index is 10.9. The van der Waals surface area contributed by atoms with Gasteiger partial charge in [-0.3, -0.25) is 4.79 Å². The van der Waals surface area contributed by atoms with E-state index in [0.717, 1.165) is 55.2 Å². The minimum Gasteiger partial charge on any atom is -0.507 e. The van der Waals surface area contributed by atoms with Crippen LogP contribution in [0, 0.1) is 5.92 Å². The number of hydrogen-bond donors (Lipinski definition) is 4. The molecule has 7 nitrogen and oxygen atoms in total. The predicted molar refractivity (Wildman–Crippen MR) is 162 cm³/mol. The first-order valence-electron chi connectivity index (χ1n) is 14.9. The Morgan fingerprint density at radius 3 is 2.31 bits per heavy atom. The predicted octanol–water partition coefficient (Wildman–Crippen LogP) is 6.92. The monoisotopic (exact) mass is 545 g/mol. The lowest BCUT2D eigenvalue weighted by atomic mass is 9.79. The smallest absolute Gasteiger partial charge is 0.293 e. The fourth-order valence-corrected chi connectivity index (χ4v) is 4.66. The zero-order valence-electron chi connectivity index (χ0n) is 25.4. The lowest BCUT2D eigenvalue weighted by molar-refractivity contribution is -0.131. The SMILES string of the molecule is CC(C)OC=O.CCCCC[C@H](CC)N/C(N)=C/C(CCCC)=C(\N)c1c(O)cc(OC)cc1CC1CCC1. The van der Waals surface area contributed by atoms with E-state index in [1.165, 1.54) is 38.5 Å². The number of rotatable bonds is 17. The van der Waals surface area contributed by atoms with Gasteiger partial charge in [-0.05, 0) is 75.1 Å². The minimum atomic E-state index is 0.0301. The Kier molecular flexibility index (Phi) is 16.9. The van der Waals surface area contributed by atoms with Gasteiger partial charge in [0.25, 0.3) is 6.47 Å². The van der Waals surface area contributed by atoms with E-state index in [0.29, 0.717) is 35.7 Å². The van der Waals surface area contributed by atoms with Gasteiger partial charge in [0.05, 0.1) is 19.0 Å². The van der Waals surface area contributed by atoms with Crippen LogP contribution in [0.25, 0.3) is 5.70 Å². The Labute approximate surface area is 237 Å². The molecule has 1 aliphatic carbocycles. The first kappa shape index (κ1) is 34.2. The Morgan fingerprint density at radius 2 is 1.82 bits per heavy atom. The van der Waals surface area contributed by atoms with Crippen molar-refractivity contribution in [2.75, 3.05) is 7.11 Å². The summed E-state index contributed by atoms with van der Waals surface area (Å²) in [7, 11) is 1.63. The number of benzene rings is 1. The highest BCUT2D eigenvalue weighted by atomic mass is 16.5. The summed E-state index contributed by atoms with van der Waals surface area (Å²) in [5.74, 6) is 2.16. The van der Waals surface area contributed by atoms with E-state index in [9.17, 15) is 9.90 Å². The van der Waals surface area contributed by atoms with Crippen molar-refractivity contribution in [2.24, 2.45) is 17.4 Å². The third-order valence-electron chi connectivity index (χ3n) is 7.23. The van der Waals surface area contributed by atoms with Crippen LogP contribution in [0.3, 0.4) is 0 Å². The number of nitrogens with two attached hydrogens (primary N) is 2. The van der Waals surface area contributed by atoms with Gasteiger partial charge in [0.15, 0.2) is 0 Å². The minimum absolute atomic E-state index is 0.0301. The number of carbonyl (C=O) groups excluding carboxylic acids is 1. The molecule has 6 N–H and O–H groups in total. The maximum Gasteiger partial charge on any atom is 0.293 e. The van der Waals surface area contributed by atoms with E-state index in [2.05, 4.69) is 30.8 Å². The number of aromatic hydroxyl groups is 1. The molecule has 1 saturated carbocycles. The summed E-state index contributed by atoms with van der Waals surface area (Å²) in [5, 5.41) is 14.4. The molecule has 0 radical (unpaired) electrons. The van der Waals surface area contributed by atoms with Gasteiger partial charge < -0.3 is 31.4 Å². The second kappa shape index (κ2) is 19.3. The van der Waals surface area contributed by atoms with Crippen LogP contribution >= 0.6 is 0 Å². The summed E-state index contributed by atoms with van der Waals surface area (Å²) in [6.45, 7) is 10.6. The number of carbonyl (C=O) groups is 1. The van der Waals surface area contributed by atoms with Gasteiger partial charge in [0, 0.05) is 23.4 Å². The van der Waals surface area contributed by atoms with Crippen molar-refractivity contribution in [1.29, 1.82) is 0 Å². The zero-order valence-corrected chi connectivity index (χ0v) is 25.4. The maximum absolute atomic E-state index is 10.9. The Bertz CT molecular complexity index is 907. The Hall–Kier alpha value is -2.83. The Balaban J connectivity index is 0.00000113. The quantitative estimate of drug-likeness (QED) is 0.0952. The molecule has 0 heterocycles. The number of nitrogens with one attached hydrogen (secondary N) is 1. The van der Waals surface area contributed by atoms with Crippen molar-refractivity contribution in [2.45, 2.75) is 124 Å². The molecule has 0 aromatic heterocycles. The summed E-state index contributed by atoms with van der Waals surface area (Å²) in [5.41, 5.74) is 16.6. The van der Waals surface area contributed by atoms with Crippen molar-refractivity contribution < 1.29 is 19.4 Å². The number of phenols is 1. The largest absolute Gasteiger partial charge is 0.507 e. The summed E-state index contributed by atoms with van der Waals surface area (Å²) >= 11 is 0. The van der Waals surface area contributed by atoms with E-state index < -0.39 is 0 Å². The lowest BCUT2D eigenvalue weighted by Gasteiger charge is -2.27. The molecule has 0 spiro atoms. The molecule has 1 aromatic carbocycles. The van der Waals surface area contributed by atoms with Crippen LogP contribution in [0.5, 0.6) is 11.5 Å². The van der Waals surface area contributed by atoms with E-state index in [1.807, 2.05) is 12.1 Å². The standard InChI is InChI=1S/C28H47N3O2.C4H8O2/c1-5-8-10-15-23(7-3)31-26(29)18-21(14-9-6-2)28(30)27-22(16-20-12-11-13-20)17-24(33-4)19-25(27)32;1-4(2)6-3-5/h17-20,23,31-32H,5-16,29-30H2,1-4H3;3-4H,1-2H3/b26-18+,28-21-;/t23-;/m0./s1. The van der Waals surface area contributed by atoms with Gasteiger partial charge in [0.1, 0.15) is 11.5 Å². The normalized spacial score (nSPS) is 15.0. The molecule has 0 amide bonds. The van der Waals surface area contributed by atoms with E-state index in [-0.39, 0.29) is 11.9 Å². The summed E-state index contributed by atoms with van der Waals surface area (Å²) in [6, 6.07) is 4.06. The topological polar surface area (TPSA) is 120 Å². The fourth-order valence-electron chi connectivity index (χ4n) is 4.66. The highest BCUT2D eigenvalue weighted by Gasteiger charge is 2.23.